The van der Waals surface area contributed by atoms with Gasteiger partial charge in [0.1, 0.15) is 34.5 Å². The van der Waals surface area contributed by atoms with Gasteiger partial charge in [0.2, 0.25) is 10.0 Å². The highest BCUT2D eigenvalue weighted by Gasteiger charge is 2.43. The summed E-state index contributed by atoms with van der Waals surface area (Å²) in [6, 6.07) is 6.94. The molecule has 374 valence electrons. The minimum Gasteiger partial charge on any atom is -0.504 e. The molecule has 6 aliphatic rings. The van der Waals surface area contributed by atoms with Gasteiger partial charge in [-0.3, -0.25) is 9.59 Å². The number of benzene rings is 2. The second kappa shape index (κ2) is 20.4. The Morgan fingerprint density at radius 3 is 1.59 bits per heavy atom. The number of sulfone groups is 1. The van der Waals surface area contributed by atoms with Crippen LogP contribution in [-0.2, 0) is 56.7 Å². The average Bonchev–Trinajstić information content (AvgIpc) is 3.62. The second-order valence-corrected chi connectivity index (χ2v) is 22.3. The fraction of sp³-hybridized carbons (Fsp3) is 0.489. The number of hydrogen-bond acceptors (Lipinski definition) is 15. The number of ether oxygens (including phenoxy) is 3. The number of carbonyl (C=O) groups excluding carboxylic acids is 2. The zero-order valence-electron chi connectivity index (χ0n) is 39.1. The van der Waals surface area contributed by atoms with Crippen molar-refractivity contribution in [1.82, 2.24) is 24.7 Å². The summed E-state index contributed by atoms with van der Waals surface area (Å²) < 4.78 is 99.0. The Labute approximate surface area is 401 Å². The number of sulfonamides is 1. The maximum Gasteiger partial charge on any atom is 0.274 e. The summed E-state index contributed by atoms with van der Waals surface area (Å²) in [6.07, 6.45) is 4.70. The number of carbonyl (C=O) groups is 2. The molecule has 2 aromatic carbocycles. The van der Waals surface area contributed by atoms with E-state index in [4.69, 9.17) is 14.2 Å². The molecular weight excluding hydrogens is 941 g/mol. The van der Waals surface area contributed by atoms with Gasteiger partial charge in [-0.15, -0.1) is 0 Å². The van der Waals surface area contributed by atoms with Crippen LogP contribution in [0.4, 0.5) is 8.78 Å². The molecule has 8 rings (SSSR count). The van der Waals surface area contributed by atoms with Crippen LogP contribution in [0.2, 0.25) is 0 Å². The molecule has 0 radical (unpaired) electrons. The van der Waals surface area contributed by atoms with Crippen molar-refractivity contribution < 1.29 is 59.6 Å². The van der Waals surface area contributed by atoms with Gasteiger partial charge in [0.05, 0.1) is 52.9 Å². The molecule has 0 atom stereocenters. The summed E-state index contributed by atoms with van der Waals surface area (Å²) in [5, 5.41) is 25.8. The molecule has 0 unspecified atom stereocenters. The van der Waals surface area contributed by atoms with E-state index < -0.39 is 59.8 Å². The molecule has 2 aromatic rings. The molecule has 0 aromatic heterocycles. The Bertz CT molecular complexity index is 2760. The molecular formula is C47H59F2N7O11S2. The highest BCUT2D eigenvalue weighted by atomic mass is 32.2. The van der Waals surface area contributed by atoms with Gasteiger partial charge < -0.3 is 44.9 Å². The minimum absolute atomic E-state index is 0.102. The summed E-state index contributed by atoms with van der Waals surface area (Å²) in [6.45, 7) is 17.1. The summed E-state index contributed by atoms with van der Waals surface area (Å²) >= 11 is 0. The molecule has 4 fully saturated rings. The Hall–Kier alpha value is -5.52. The molecule has 5 aliphatic heterocycles. The Balaban J connectivity index is 0.000000204. The number of halogens is 2. The van der Waals surface area contributed by atoms with Crippen molar-refractivity contribution in [2.75, 3.05) is 52.6 Å². The quantitative estimate of drug-likeness (QED) is 0.230. The van der Waals surface area contributed by atoms with Crippen LogP contribution in [0.25, 0.3) is 0 Å². The summed E-state index contributed by atoms with van der Waals surface area (Å²) in [5.74, 6) is -2.63. The number of nitrogens with one attached hydrogen (secondary N) is 2. The number of rotatable bonds is 10. The first-order chi connectivity index (χ1) is 32.5. The van der Waals surface area contributed by atoms with E-state index in [0.29, 0.717) is 50.8 Å². The molecule has 4 N–H and O–H groups in total. The smallest absolute Gasteiger partial charge is 0.274 e. The maximum atomic E-state index is 14.1. The molecule has 1 aliphatic carbocycles. The third-order valence-electron chi connectivity index (χ3n) is 12.7. The highest BCUT2D eigenvalue weighted by molar-refractivity contribution is 7.92. The van der Waals surface area contributed by atoms with Gasteiger partial charge >= 0.3 is 0 Å². The fourth-order valence-corrected chi connectivity index (χ4v) is 12.6. The number of aliphatic imine (C=N–C) groups is 2. The third-order valence-corrected chi connectivity index (χ3v) is 17.1. The van der Waals surface area contributed by atoms with Gasteiger partial charge in [-0.1, -0.05) is 51.0 Å². The molecule has 2 amide bonds. The van der Waals surface area contributed by atoms with Crippen LogP contribution < -0.4 is 10.6 Å². The van der Waals surface area contributed by atoms with Gasteiger partial charge in [0.25, 0.3) is 11.8 Å². The molecule has 3 saturated heterocycles. The van der Waals surface area contributed by atoms with Crippen molar-refractivity contribution >= 4 is 43.3 Å². The molecule has 5 heterocycles. The van der Waals surface area contributed by atoms with E-state index in [0.717, 1.165) is 43.9 Å². The van der Waals surface area contributed by atoms with Crippen LogP contribution in [0.15, 0.2) is 104 Å². The van der Waals surface area contributed by atoms with Crippen molar-refractivity contribution in [3.05, 3.63) is 107 Å². The van der Waals surface area contributed by atoms with Gasteiger partial charge in [-0.25, -0.2) is 35.6 Å². The minimum atomic E-state index is -4.00. The zero-order chi connectivity index (χ0) is 50.1. The number of amides is 2. The maximum absolute atomic E-state index is 14.1. The molecule has 69 heavy (non-hydrogen) atoms. The monoisotopic (exact) mass is 999 g/mol. The largest absolute Gasteiger partial charge is 0.504 e. The van der Waals surface area contributed by atoms with Crippen molar-refractivity contribution in [3.8, 4) is 0 Å². The van der Waals surface area contributed by atoms with Crippen molar-refractivity contribution in [2.45, 2.75) is 106 Å². The number of aliphatic hydroxyl groups is 2. The number of morpholine rings is 3. The molecule has 0 spiro atoms. The number of nitrogens with zero attached hydrogens (tertiary/aromatic N) is 5. The van der Waals surface area contributed by atoms with Gasteiger partial charge in [-0.2, -0.15) is 4.31 Å². The lowest BCUT2D eigenvalue weighted by Gasteiger charge is -2.43. The predicted octanol–water partition coefficient (Wildman–Crippen LogP) is 5.01. The number of fused-ring (bicyclic) bond motifs is 2. The van der Waals surface area contributed by atoms with Crippen LogP contribution in [0, 0.1) is 11.6 Å². The Morgan fingerprint density at radius 1 is 0.696 bits per heavy atom. The van der Waals surface area contributed by atoms with E-state index in [1.54, 1.807) is 23.6 Å². The first-order valence-corrected chi connectivity index (χ1v) is 25.7. The van der Waals surface area contributed by atoms with Crippen LogP contribution >= 0.6 is 0 Å². The first kappa shape index (κ1) is 51.3. The van der Waals surface area contributed by atoms with E-state index in [-0.39, 0.29) is 94.6 Å². The summed E-state index contributed by atoms with van der Waals surface area (Å²) in [7, 11) is -7.78. The third kappa shape index (κ3) is 10.8. The zero-order valence-corrected chi connectivity index (χ0v) is 40.8. The Morgan fingerprint density at radius 2 is 1.13 bits per heavy atom. The van der Waals surface area contributed by atoms with E-state index >= 15 is 0 Å². The predicted molar refractivity (Wildman–Crippen MR) is 251 cm³/mol. The molecule has 18 nitrogen and oxygen atoms in total. The second-order valence-electron chi connectivity index (χ2n) is 18.2. The summed E-state index contributed by atoms with van der Waals surface area (Å²) in [5.41, 5.74) is -1.11. The molecule has 0 bridgehead atoms. The fourth-order valence-electron chi connectivity index (χ4n) is 8.88. The number of hydrogen-bond donors (Lipinski definition) is 4. The Kier molecular flexibility index (Phi) is 15.2. The first-order valence-electron chi connectivity index (χ1n) is 22.8. The molecule has 1 saturated carbocycles. The van der Waals surface area contributed by atoms with E-state index in [2.05, 4.69) is 33.8 Å². The normalized spacial score (nSPS) is 21.2. The van der Waals surface area contributed by atoms with Crippen LogP contribution in [-0.4, -0.2) is 134 Å². The van der Waals surface area contributed by atoms with E-state index in [1.165, 1.54) is 22.5 Å². The lowest BCUT2D eigenvalue weighted by molar-refractivity contribution is -0.118. The average molecular weight is 1000 g/mol. The van der Waals surface area contributed by atoms with E-state index in [1.807, 2.05) is 13.8 Å². The topological polar surface area (TPSA) is 229 Å². The lowest BCUT2D eigenvalue weighted by atomic mass is 10.0. The van der Waals surface area contributed by atoms with Crippen LogP contribution in [0.5, 0.6) is 0 Å². The SMILES string of the molecule is C=C1C(O)=C(C(=O)NCc2ccc(F)cc2S(=O)(=O)C2CCCCCC2)N=C2N1CCOC2(C)C.C=C1C(O)=C(C(=O)NCc2ccc(F)cc2S(=O)(=O)N2CCOCC2)N=C2N1CCOC2(C)C. The van der Waals surface area contributed by atoms with Crippen LogP contribution in [0.3, 0.4) is 0 Å². The van der Waals surface area contributed by atoms with Gasteiger partial charge in [0, 0.05) is 39.3 Å². The standard InChI is InChI=1S/C25H32FN3O5S.C22H27FN4O6S/c1-16-22(30)21(28-24-25(2,3)34-13-12-29(16)24)23(31)27-15-17-10-11-18(26)14-20(17)35(32,33)19-8-6-4-5-7-9-19;1-14-19(28)18(25-21-22(2,3)33-11-8-27(14)21)20(29)24-13-15-4-5-16(23)12-17(15)34(30,31)26-6-9-32-10-7-26/h10-11,14,19,30H,1,4-9,12-13,15H2,2-3H3,(H,27,31);4-5,12,28H,1,6-11,13H2,2-3H3,(H,24,29). The van der Waals surface area contributed by atoms with Crippen LogP contribution in [0.1, 0.15) is 77.3 Å². The van der Waals surface area contributed by atoms with Crippen molar-refractivity contribution in [2.24, 2.45) is 9.98 Å². The van der Waals surface area contributed by atoms with Crippen molar-refractivity contribution in [3.63, 3.8) is 0 Å². The summed E-state index contributed by atoms with van der Waals surface area (Å²) in [4.78, 5) is 37.8. The highest BCUT2D eigenvalue weighted by Crippen LogP contribution is 2.34. The van der Waals surface area contributed by atoms with E-state index in [9.17, 15) is 45.4 Å². The number of amidine groups is 2. The van der Waals surface area contributed by atoms with Gasteiger partial charge in [0.15, 0.2) is 32.7 Å². The van der Waals surface area contributed by atoms with Gasteiger partial charge in [-0.05, 0) is 75.9 Å². The van der Waals surface area contributed by atoms with Crippen molar-refractivity contribution in [1.29, 1.82) is 0 Å². The number of aliphatic hydroxyl groups excluding tert-OH is 2. The molecule has 22 heteroatoms. The lowest BCUT2D eigenvalue weighted by Crippen LogP contribution is -2.54.